The van der Waals surface area contributed by atoms with Crippen molar-refractivity contribution in [3.8, 4) is 5.75 Å². The molecule has 0 saturated heterocycles. The van der Waals surface area contributed by atoms with Gasteiger partial charge < -0.3 is 34.8 Å². The maximum Gasteiger partial charge on any atom is 0.408 e. The van der Waals surface area contributed by atoms with Crippen molar-refractivity contribution in [1.82, 2.24) is 10.6 Å². The van der Waals surface area contributed by atoms with Gasteiger partial charge in [0.05, 0.1) is 32.6 Å². The average Bonchev–Trinajstić information content (AvgIpc) is 2.88. The molecule has 10 heteroatoms. The minimum Gasteiger partial charge on any atom is -0.491 e. The number of nitrogens with zero attached hydrogens (tertiary/aromatic N) is 1. The molecule has 2 aromatic rings. The molecule has 1 atom stereocenters. The van der Waals surface area contributed by atoms with Crippen molar-refractivity contribution in [3.63, 3.8) is 0 Å². The Bertz CT molecular complexity index is 938. The fourth-order valence-corrected chi connectivity index (χ4v) is 3.07. The fraction of sp³-hybridized carbons (Fsp3) is 0.423. The summed E-state index contributed by atoms with van der Waals surface area (Å²) in [5.41, 5.74) is 1.60. The Hall–Kier alpha value is -3.63. The summed E-state index contributed by atoms with van der Waals surface area (Å²) in [5, 5.41) is 17.0. The number of ether oxygens (including phenoxy) is 4. The summed E-state index contributed by atoms with van der Waals surface area (Å²) in [6.07, 6.45) is 0.681. The van der Waals surface area contributed by atoms with Gasteiger partial charge in [-0.2, -0.15) is 0 Å². The number of hydrogen-bond donors (Lipinski definition) is 3. The first kappa shape index (κ1) is 28.6. The first-order chi connectivity index (χ1) is 17.5. The van der Waals surface area contributed by atoms with Crippen LogP contribution in [0.3, 0.4) is 0 Å². The largest absolute Gasteiger partial charge is 0.491 e. The highest BCUT2D eigenvalue weighted by molar-refractivity contribution is 5.85. The van der Waals surface area contributed by atoms with Crippen LogP contribution in [0.4, 0.5) is 4.79 Å². The van der Waals surface area contributed by atoms with Crippen LogP contribution < -0.4 is 15.4 Å². The first-order valence-electron chi connectivity index (χ1n) is 11.8. The van der Waals surface area contributed by atoms with Crippen LogP contribution in [0.2, 0.25) is 0 Å². The van der Waals surface area contributed by atoms with E-state index in [0.717, 1.165) is 11.1 Å². The second-order valence-electron chi connectivity index (χ2n) is 8.11. The Kier molecular flexibility index (Phi) is 13.4. The van der Waals surface area contributed by atoms with Gasteiger partial charge in [-0.3, -0.25) is 4.79 Å². The minimum atomic E-state index is -0.715. The lowest BCUT2D eigenvalue weighted by molar-refractivity contribution is -0.124. The van der Waals surface area contributed by atoms with Crippen molar-refractivity contribution in [3.05, 3.63) is 65.7 Å². The third-order valence-corrected chi connectivity index (χ3v) is 4.91. The van der Waals surface area contributed by atoms with Crippen LogP contribution in [0.1, 0.15) is 25.0 Å². The Balaban J connectivity index is 1.52. The second kappa shape index (κ2) is 16.9. The quantitative estimate of drug-likeness (QED) is 0.140. The molecule has 36 heavy (non-hydrogen) atoms. The molecule has 0 aliphatic carbocycles. The Labute approximate surface area is 211 Å². The van der Waals surface area contributed by atoms with Gasteiger partial charge in [-0.1, -0.05) is 61.5 Å². The van der Waals surface area contributed by atoms with Gasteiger partial charge in [0.25, 0.3) is 0 Å². The van der Waals surface area contributed by atoms with E-state index in [2.05, 4.69) is 15.8 Å². The van der Waals surface area contributed by atoms with E-state index in [9.17, 15) is 9.59 Å². The second-order valence-corrected chi connectivity index (χ2v) is 8.11. The third kappa shape index (κ3) is 11.7. The summed E-state index contributed by atoms with van der Waals surface area (Å²) in [5.74, 6) is 0.241. The van der Waals surface area contributed by atoms with Crippen LogP contribution in [0.15, 0.2) is 59.8 Å². The van der Waals surface area contributed by atoms with E-state index in [0.29, 0.717) is 45.3 Å². The zero-order chi connectivity index (χ0) is 26.0. The molecule has 0 heterocycles. The molecular weight excluding hydrogens is 466 g/mol. The number of carbonyl (C=O) groups excluding carboxylic acids is 2. The van der Waals surface area contributed by atoms with E-state index in [4.69, 9.17) is 24.2 Å². The number of alkyl carbamates (subject to hydrolysis) is 1. The summed E-state index contributed by atoms with van der Waals surface area (Å²) in [4.78, 5) is 24.6. The van der Waals surface area contributed by atoms with E-state index in [1.54, 1.807) is 24.3 Å². The summed E-state index contributed by atoms with van der Waals surface area (Å²) in [6, 6.07) is 15.8. The predicted octanol–water partition coefficient (Wildman–Crippen LogP) is 2.97. The monoisotopic (exact) mass is 501 g/mol. The molecule has 0 fully saturated rings. The van der Waals surface area contributed by atoms with E-state index < -0.39 is 12.1 Å². The highest BCUT2D eigenvalue weighted by atomic mass is 16.6. The van der Waals surface area contributed by atoms with Gasteiger partial charge >= 0.3 is 6.09 Å². The molecule has 2 amide bonds. The molecule has 10 nitrogen and oxygen atoms in total. The van der Waals surface area contributed by atoms with E-state index in [1.807, 2.05) is 44.2 Å². The average molecular weight is 502 g/mol. The normalized spacial score (nSPS) is 11.9. The van der Waals surface area contributed by atoms with Crippen molar-refractivity contribution in [1.29, 1.82) is 0 Å². The zero-order valence-corrected chi connectivity index (χ0v) is 20.7. The maximum absolute atomic E-state index is 12.5. The van der Waals surface area contributed by atoms with Crippen LogP contribution >= 0.6 is 0 Å². The summed E-state index contributed by atoms with van der Waals surface area (Å²) < 4.78 is 21.7. The van der Waals surface area contributed by atoms with Crippen molar-refractivity contribution in [2.75, 3.05) is 39.6 Å². The van der Waals surface area contributed by atoms with Crippen molar-refractivity contribution in [2.24, 2.45) is 11.1 Å². The topological polar surface area (TPSA) is 128 Å². The van der Waals surface area contributed by atoms with E-state index >= 15 is 0 Å². The van der Waals surface area contributed by atoms with Gasteiger partial charge in [-0.05, 0) is 29.2 Å². The van der Waals surface area contributed by atoms with Crippen LogP contribution in [0.25, 0.3) is 0 Å². The Morgan fingerprint density at radius 3 is 2.42 bits per heavy atom. The van der Waals surface area contributed by atoms with Crippen molar-refractivity contribution < 1.29 is 33.7 Å². The molecule has 196 valence electrons. The number of nitrogens with one attached hydrogen (secondary N) is 2. The summed E-state index contributed by atoms with van der Waals surface area (Å²) in [6.45, 7) is 5.96. The molecule has 0 radical (unpaired) electrons. The lowest BCUT2D eigenvalue weighted by Gasteiger charge is -2.21. The van der Waals surface area contributed by atoms with Gasteiger partial charge in [-0.15, -0.1) is 0 Å². The number of hydrogen-bond acceptors (Lipinski definition) is 8. The molecule has 0 unspecified atom stereocenters. The summed E-state index contributed by atoms with van der Waals surface area (Å²) >= 11 is 0. The van der Waals surface area contributed by atoms with Gasteiger partial charge in [0.15, 0.2) is 0 Å². The lowest BCUT2D eigenvalue weighted by Crippen LogP contribution is -2.50. The van der Waals surface area contributed by atoms with Crippen LogP contribution in [-0.2, 0) is 25.6 Å². The summed E-state index contributed by atoms with van der Waals surface area (Å²) in [7, 11) is 0. The molecule has 0 spiro atoms. The number of oxime groups is 1. The van der Waals surface area contributed by atoms with Crippen LogP contribution in [0, 0.1) is 5.92 Å². The molecule has 2 rings (SSSR count). The van der Waals surface area contributed by atoms with Gasteiger partial charge in [0.2, 0.25) is 5.91 Å². The molecule has 0 bridgehead atoms. The highest BCUT2D eigenvalue weighted by Crippen LogP contribution is 2.11. The van der Waals surface area contributed by atoms with Crippen molar-refractivity contribution >= 4 is 18.2 Å². The molecule has 0 aromatic heterocycles. The van der Waals surface area contributed by atoms with Crippen LogP contribution in [0.5, 0.6) is 5.75 Å². The smallest absolute Gasteiger partial charge is 0.408 e. The first-order valence-corrected chi connectivity index (χ1v) is 11.8. The van der Waals surface area contributed by atoms with Crippen LogP contribution in [-0.4, -0.2) is 69.0 Å². The number of carbonyl (C=O) groups is 2. The fourth-order valence-electron chi connectivity index (χ4n) is 3.07. The molecule has 0 aliphatic heterocycles. The number of rotatable bonds is 16. The van der Waals surface area contributed by atoms with E-state index in [1.165, 1.54) is 6.21 Å². The lowest BCUT2D eigenvalue weighted by atomic mass is 10.0. The number of amides is 2. The predicted molar refractivity (Wildman–Crippen MR) is 134 cm³/mol. The molecule has 0 aliphatic rings. The SMILES string of the molecule is CC(C)[C@H](NC(=O)OCc1ccccc1)C(=O)NCCOCCOCCOc1cccc(/C=N/O)c1. The Morgan fingerprint density at radius 2 is 1.69 bits per heavy atom. The zero-order valence-electron chi connectivity index (χ0n) is 20.7. The molecule has 2 aromatic carbocycles. The minimum absolute atomic E-state index is 0.115. The Morgan fingerprint density at radius 1 is 0.972 bits per heavy atom. The molecule has 0 saturated carbocycles. The van der Waals surface area contributed by atoms with E-state index in [-0.39, 0.29) is 18.4 Å². The highest BCUT2D eigenvalue weighted by Gasteiger charge is 2.24. The van der Waals surface area contributed by atoms with Gasteiger partial charge in [-0.25, -0.2) is 4.79 Å². The molecular formula is C26H35N3O7. The maximum atomic E-state index is 12.5. The van der Waals surface area contributed by atoms with Gasteiger partial charge in [0.1, 0.15) is 25.0 Å². The number of benzene rings is 2. The van der Waals surface area contributed by atoms with Gasteiger partial charge in [0, 0.05) is 6.54 Å². The third-order valence-electron chi connectivity index (χ3n) is 4.91. The molecule has 3 N–H and O–H groups in total. The standard InChI is InChI=1S/C26H35N3O7/c1-20(2)24(29-26(31)36-19-21-7-4-3-5-8-21)25(30)27-11-12-33-13-14-34-15-16-35-23-10-6-9-22(17-23)18-28-32/h3-10,17-18,20,24,32H,11-16,19H2,1-2H3,(H,27,30)(H,29,31)/b28-18+/t24-/m0/s1. The van der Waals surface area contributed by atoms with Crippen molar-refractivity contribution in [2.45, 2.75) is 26.5 Å².